The van der Waals surface area contributed by atoms with Crippen molar-refractivity contribution in [3.63, 3.8) is 0 Å². The summed E-state index contributed by atoms with van der Waals surface area (Å²) in [5.41, 5.74) is 0.477. The van der Waals surface area contributed by atoms with Crippen LogP contribution in [0.3, 0.4) is 0 Å². The highest BCUT2D eigenvalue weighted by Gasteiger charge is 2.21. The minimum atomic E-state index is -0.0302. The molecule has 0 radical (unpaired) electrons. The summed E-state index contributed by atoms with van der Waals surface area (Å²) in [5, 5.41) is 12.7. The van der Waals surface area contributed by atoms with E-state index in [0.29, 0.717) is 11.7 Å². The maximum atomic E-state index is 11.2. The van der Waals surface area contributed by atoms with Gasteiger partial charge in [0.2, 0.25) is 5.16 Å². The molecule has 1 aliphatic carbocycles. The van der Waals surface area contributed by atoms with Gasteiger partial charge in [0, 0.05) is 18.0 Å². The van der Waals surface area contributed by atoms with Gasteiger partial charge < -0.3 is 0 Å². The van der Waals surface area contributed by atoms with E-state index >= 15 is 0 Å². The maximum Gasteiger partial charge on any atom is 0.214 e. The predicted octanol–water partition coefficient (Wildman–Crippen LogP) is 2.54. The van der Waals surface area contributed by atoms with Crippen molar-refractivity contribution >= 4 is 17.5 Å². The Kier molecular flexibility index (Phi) is 3.77. The van der Waals surface area contributed by atoms with E-state index in [-0.39, 0.29) is 5.78 Å². The summed E-state index contributed by atoms with van der Waals surface area (Å²) >= 11 is 1.48. The van der Waals surface area contributed by atoms with Gasteiger partial charge in [-0.1, -0.05) is 12.8 Å². The Hall–Kier alpha value is -1.76. The summed E-state index contributed by atoms with van der Waals surface area (Å²) in [6.45, 7) is 1.51. The molecule has 104 valence electrons. The fourth-order valence-electron chi connectivity index (χ4n) is 2.38. The summed E-state index contributed by atoms with van der Waals surface area (Å²) in [6, 6.07) is 4.02. The lowest BCUT2D eigenvalue weighted by atomic mass is 10.3. The molecule has 0 atom stereocenters. The molecule has 0 bridgehead atoms. The van der Waals surface area contributed by atoms with Crippen LogP contribution in [0.25, 0.3) is 0 Å². The topological polar surface area (TPSA) is 73.6 Å². The van der Waals surface area contributed by atoms with Crippen molar-refractivity contribution in [3.8, 4) is 0 Å². The molecule has 7 heteroatoms. The Morgan fingerprint density at radius 3 is 2.80 bits per heavy atom. The second-order valence-electron chi connectivity index (χ2n) is 4.88. The second kappa shape index (κ2) is 5.70. The summed E-state index contributed by atoms with van der Waals surface area (Å²) in [5.74, 6) is -0.0302. The van der Waals surface area contributed by atoms with Gasteiger partial charge in [-0.15, -0.1) is 5.10 Å². The molecule has 6 nitrogen and oxygen atoms in total. The number of pyridine rings is 1. The lowest BCUT2D eigenvalue weighted by molar-refractivity contribution is 0.101. The largest absolute Gasteiger partial charge is 0.293 e. The number of carbonyl (C=O) groups excluding carboxylic acids is 1. The van der Waals surface area contributed by atoms with Crippen molar-refractivity contribution in [3.05, 3.63) is 24.0 Å². The number of hydrogen-bond donors (Lipinski definition) is 0. The van der Waals surface area contributed by atoms with E-state index in [1.165, 1.54) is 31.5 Å². The molecule has 2 aromatic rings. The highest BCUT2D eigenvalue weighted by Crippen LogP contribution is 2.33. The molecule has 1 aliphatic rings. The first kappa shape index (κ1) is 13.2. The van der Waals surface area contributed by atoms with Crippen LogP contribution in [0.4, 0.5) is 0 Å². The molecule has 0 saturated heterocycles. The third kappa shape index (κ3) is 2.72. The van der Waals surface area contributed by atoms with Gasteiger partial charge in [0.05, 0.1) is 6.04 Å². The van der Waals surface area contributed by atoms with E-state index in [1.54, 1.807) is 12.3 Å². The quantitative estimate of drug-likeness (QED) is 0.805. The van der Waals surface area contributed by atoms with Crippen LogP contribution in [0.5, 0.6) is 0 Å². The zero-order valence-corrected chi connectivity index (χ0v) is 12.0. The van der Waals surface area contributed by atoms with E-state index in [1.807, 2.05) is 10.7 Å². The number of Topliss-reactive ketones (excluding diaryl/α,β-unsaturated/α-hetero) is 1. The molecule has 0 amide bonds. The molecule has 2 heterocycles. The fourth-order valence-corrected chi connectivity index (χ4v) is 3.19. The van der Waals surface area contributed by atoms with E-state index in [4.69, 9.17) is 0 Å². The van der Waals surface area contributed by atoms with Gasteiger partial charge in [0.15, 0.2) is 5.78 Å². The smallest absolute Gasteiger partial charge is 0.214 e. The summed E-state index contributed by atoms with van der Waals surface area (Å²) in [7, 11) is 0. The SMILES string of the molecule is CC(=O)c1ccc(Sc2nnnn2C2CCCC2)cn1. The second-order valence-corrected chi connectivity index (χ2v) is 5.92. The van der Waals surface area contributed by atoms with Crippen LogP contribution in [0.15, 0.2) is 28.4 Å². The maximum absolute atomic E-state index is 11.2. The van der Waals surface area contributed by atoms with Crippen LogP contribution in [0.1, 0.15) is 49.1 Å². The molecule has 20 heavy (non-hydrogen) atoms. The van der Waals surface area contributed by atoms with E-state index < -0.39 is 0 Å². The Labute approximate surface area is 121 Å². The van der Waals surface area contributed by atoms with Crippen LogP contribution in [0.2, 0.25) is 0 Å². The molecule has 0 aliphatic heterocycles. The van der Waals surface area contributed by atoms with E-state index in [0.717, 1.165) is 22.9 Å². The number of tetrazole rings is 1. The monoisotopic (exact) mass is 289 g/mol. The standard InChI is InChI=1S/C13H15N5OS/c1-9(19)12-7-6-11(8-14-12)20-13-15-16-17-18(13)10-4-2-3-5-10/h6-8,10H,2-5H2,1H3. The Balaban J connectivity index is 1.77. The van der Waals surface area contributed by atoms with Crippen molar-refractivity contribution in [2.24, 2.45) is 0 Å². The first-order valence-electron chi connectivity index (χ1n) is 6.67. The summed E-state index contributed by atoms with van der Waals surface area (Å²) in [6.07, 6.45) is 6.45. The van der Waals surface area contributed by atoms with Crippen LogP contribution >= 0.6 is 11.8 Å². The summed E-state index contributed by atoms with van der Waals surface area (Å²) < 4.78 is 1.91. The third-order valence-electron chi connectivity index (χ3n) is 3.44. The highest BCUT2D eigenvalue weighted by atomic mass is 32.2. The average Bonchev–Trinajstić information content (AvgIpc) is 3.09. The molecule has 0 aromatic carbocycles. The number of carbonyl (C=O) groups is 1. The van der Waals surface area contributed by atoms with E-state index in [2.05, 4.69) is 20.5 Å². The van der Waals surface area contributed by atoms with Crippen LogP contribution < -0.4 is 0 Å². The molecule has 2 aromatic heterocycles. The number of rotatable bonds is 4. The number of aromatic nitrogens is 5. The normalized spacial score (nSPS) is 15.7. The molecule has 0 spiro atoms. The van der Waals surface area contributed by atoms with Crippen molar-refractivity contribution in [2.75, 3.05) is 0 Å². The Bertz CT molecular complexity index is 603. The van der Waals surface area contributed by atoms with Gasteiger partial charge in [0.25, 0.3) is 0 Å². The molecule has 0 unspecified atom stereocenters. The molecule has 0 N–H and O–H groups in total. The molecule has 3 rings (SSSR count). The number of ketones is 1. The molecular formula is C13H15N5OS. The van der Waals surface area contributed by atoms with Crippen molar-refractivity contribution in [2.45, 2.75) is 48.7 Å². The number of hydrogen-bond acceptors (Lipinski definition) is 6. The van der Waals surface area contributed by atoms with Crippen molar-refractivity contribution in [1.29, 1.82) is 0 Å². The lowest BCUT2D eigenvalue weighted by Gasteiger charge is -2.10. The van der Waals surface area contributed by atoms with Crippen LogP contribution in [0, 0.1) is 0 Å². The van der Waals surface area contributed by atoms with Gasteiger partial charge in [-0.3, -0.25) is 9.78 Å². The molecule has 1 fully saturated rings. The Morgan fingerprint density at radius 2 is 2.15 bits per heavy atom. The van der Waals surface area contributed by atoms with Crippen LogP contribution in [-0.2, 0) is 0 Å². The fraction of sp³-hybridized carbons (Fsp3) is 0.462. The van der Waals surface area contributed by atoms with Gasteiger partial charge in [-0.05, 0) is 47.2 Å². The van der Waals surface area contributed by atoms with Gasteiger partial charge >= 0.3 is 0 Å². The van der Waals surface area contributed by atoms with Gasteiger partial charge in [-0.25, -0.2) is 4.68 Å². The van der Waals surface area contributed by atoms with Crippen molar-refractivity contribution < 1.29 is 4.79 Å². The van der Waals surface area contributed by atoms with E-state index in [9.17, 15) is 4.79 Å². The first-order valence-corrected chi connectivity index (χ1v) is 7.48. The average molecular weight is 289 g/mol. The minimum Gasteiger partial charge on any atom is -0.293 e. The van der Waals surface area contributed by atoms with Gasteiger partial charge in [-0.2, -0.15) is 0 Å². The lowest BCUT2D eigenvalue weighted by Crippen LogP contribution is -2.08. The number of nitrogens with zero attached hydrogens (tertiary/aromatic N) is 5. The minimum absolute atomic E-state index is 0.0302. The summed E-state index contributed by atoms with van der Waals surface area (Å²) in [4.78, 5) is 16.3. The molecular weight excluding hydrogens is 274 g/mol. The zero-order valence-electron chi connectivity index (χ0n) is 11.2. The first-order chi connectivity index (χ1) is 9.74. The van der Waals surface area contributed by atoms with Crippen molar-refractivity contribution in [1.82, 2.24) is 25.2 Å². The predicted molar refractivity (Wildman–Crippen MR) is 73.7 cm³/mol. The van der Waals surface area contributed by atoms with Crippen LogP contribution in [-0.4, -0.2) is 31.0 Å². The third-order valence-corrected chi connectivity index (χ3v) is 4.37. The zero-order chi connectivity index (χ0) is 13.9. The molecule has 1 saturated carbocycles. The van der Waals surface area contributed by atoms with Gasteiger partial charge in [0.1, 0.15) is 5.69 Å². The Morgan fingerprint density at radius 1 is 1.35 bits per heavy atom. The highest BCUT2D eigenvalue weighted by molar-refractivity contribution is 7.99.